The molecule has 19 heavy (non-hydrogen) atoms. The van der Waals surface area contributed by atoms with Crippen molar-refractivity contribution in [2.24, 2.45) is 5.92 Å². The molecule has 1 aliphatic heterocycles. The lowest BCUT2D eigenvalue weighted by Gasteiger charge is -2.32. The first-order valence-electron chi connectivity index (χ1n) is 6.06. The lowest BCUT2D eigenvalue weighted by molar-refractivity contribution is -0.126. The number of rotatable bonds is 2. The summed E-state index contributed by atoms with van der Waals surface area (Å²) in [6.07, 6.45) is 0.797. The van der Waals surface area contributed by atoms with Crippen molar-refractivity contribution in [2.75, 3.05) is 0 Å². The molecule has 2 aromatic rings. The van der Waals surface area contributed by atoms with Gasteiger partial charge in [0.1, 0.15) is 5.92 Å². The van der Waals surface area contributed by atoms with Crippen molar-refractivity contribution in [3.05, 3.63) is 44.8 Å². The van der Waals surface area contributed by atoms with Gasteiger partial charge in [-0.25, -0.2) is 0 Å². The second-order valence-corrected chi connectivity index (χ2v) is 6.50. The molecular formula is C14H12N2OS2. The Bertz CT molecular complexity index is 598. The molecule has 3 rings (SSSR count). The van der Waals surface area contributed by atoms with Gasteiger partial charge in [-0.15, -0.1) is 22.7 Å². The molecule has 3 heterocycles. The summed E-state index contributed by atoms with van der Waals surface area (Å²) in [7, 11) is 0. The molecule has 3 atom stereocenters. The zero-order chi connectivity index (χ0) is 13.2. The van der Waals surface area contributed by atoms with E-state index in [0.29, 0.717) is 0 Å². The van der Waals surface area contributed by atoms with Crippen molar-refractivity contribution in [3.63, 3.8) is 0 Å². The molecule has 1 fully saturated rings. The van der Waals surface area contributed by atoms with Crippen LogP contribution in [0.15, 0.2) is 35.0 Å². The summed E-state index contributed by atoms with van der Waals surface area (Å²) >= 11 is 3.27. The van der Waals surface area contributed by atoms with Gasteiger partial charge in [0.15, 0.2) is 0 Å². The molecule has 1 saturated heterocycles. The average Bonchev–Trinajstić information content (AvgIpc) is 3.11. The Morgan fingerprint density at radius 1 is 1.21 bits per heavy atom. The van der Waals surface area contributed by atoms with E-state index in [-0.39, 0.29) is 17.9 Å². The number of thiophene rings is 2. The number of nitrogens with one attached hydrogen (secondary N) is 1. The molecule has 96 valence electrons. The van der Waals surface area contributed by atoms with Gasteiger partial charge in [-0.1, -0.05) is 12.1 Å². The Hall–Kier alpha value is -1.64. The maximum atomic E-state index is 12.1. The van der Waals surface area contributed by atoms with Crippen molar-refractivity contribution < 1.29 is 4.79 Å². The first-order valence-corrected chi connectivity index (χ1v) is 7.82. The Morgan fingerprint density at radius 3 is 2.47 bits per heavy atom. The molecule has 0 radical (unpaired) electrons. The summed E-state index contributed by atoms with van der Waals surface area (Å²) in [5, 5.41) is 16.2. The third-order valence-corrected chi connectivity index (χ3v) is 5.42. The minimum atomic E-state index is -0.574. The molecule has 1 aliphatic rings. The van der Waals surface area contributed by atoms with Crippen LogP contribution in [-0.2, 0) is 4.79 Å². The van der Waals surface area contributed by atoms with E-state index < -0.39 is 5.92 Å². The van der Waals surface area contributed by atoms with E-state index in [1.54, 1.807) is 22.7 Å². The van der Waals surface area contributed by atoms with E-state index in [4.69, 9.17) is 0 Å². The number of hydrogen-bond acceptors (Lipinski definition) is 4. The van der Waals surface area contributed by atoms with Gasteiger partial charge in [-0.05, 0) is 29.3 Å². The Morgan fingerprint density at radius 2 is 1.89 bits per heavy atom. The molecule has 1 N–H and O–H groups in total. The number of piperidine rings is 1. The van der Waals surface area contributed by atoms with Gasteiger partial charge in [0.2, 0.25) is 5.91 Å². The highest BCUT2D eigenvalue weighted by molar-refractivity contribution is 7.10. The van der Waals surface area contributed by atoms with Crippen LogP contribution in [0.3, 0.4) is 0 Å². The van der Waals surface area contributed by atoms with Crippen molar-refractivity contribution in [1.82, 2.24) is 5.32 Å². The fourth-order valence-electron chi connectivity index (χ4n) is 2.50. The normalized spacial score (nSPS) is 26.7. The quantitative estimate of drug-likeness (QED) is 0.922. The zero-order valence-corrected chi connectivity index (χ0v) is 11.7. The summed E-state index contributed by atoms with van der Waals surface area (Å²) in [5.41, 5.74) is 0. The molecule has 0 aliphatic carbocycles. The van der Waals surface area contributed by atoms with Crippen LogP contribution in [0.2, 0.25) is 0 Å². The lowest BCUT2D eigenvalue weighted by Crippen LogP contribution is -2.42. The van der Waals surface area contributed by atoms with E-state index in [2.05, 4.69) is 11.4 Å². The van der Waals surface area contributed by atoms with Crippen molar-refractivity contribution in [3.8, 4) is 6.07 Å². The molecule has 1 amide bonds. The molecule has 0 aromatic carbocycles. The number of nitriles is 1. The largest absolute Gasteiger partial charge is 0.347 e. The summed E-state index contributed by atoms with van der Waals surface area (Å²) in [6, 6.07) is 10.2. The van der Waals surface area contributed by atoms with Crippen LogP contribution in [0, 0.1) is 17.2 Å². The smallest absolute Gasteiger partial charge is 0.238 e. The topological polar surface area (TPSA) is 52.9 Å². The SMILES string of the molecule is N#C[C@H]1C(=O)N[C@H](c2cccs2)C[C@@H]1c1cccs1. The second kappa shape index (κ2) is 5.16. The predicted molar refractivity (Wildman–Crippen MR) is 76.0 cm³/mol. The van der Waals surface area contributed by atoms with Gasteiger partial charge >= 0.3 is 0 Å². The molecule has 0 bridgehead atoms. The Balaban J connectivity index is 1.92. The monoisotopic (exact) mass is 288 g/mol. The number of hydrogen-bond donors (Lipinski definition) is 1. The lowest BCUT2D eigenvalue weighted by atomic mass is 9.82. The van der Waals surface area contributed by atoms with E-state index in [1.165, 1.54) is 0 Å². The number of carbonyl (C=O) groups is 1. The van der Waals surface area contributed by atoms with Crippen LogP contribution in [0.25, 0.3) is 0 Å². The van der Waals surface area contributed by atoms with E-state index in [1.807, 2.05) is 35.0 Å². The Labute approximate surface area is 119 Å². The zero-order valence-electron chi connectivity index (χ0n) is 10.1. The molecule has 0 unspecified atom stereocenters. The van der Waals surface area contributed by atoms with Crippen LogP contribution in [0.4, 0.5) is 0 Å². The van der Waals surface area contributed by atoms with Crippen molar-refractivity contribution in [1.29, 1.82) is 5.26 Å². The highest BCUT2D eigenvalue weighted by Gasteiger charge is 2.38. The van der Waals surface area contributed by atoms with E-state index in [0.717, 1.165) is 16.2 Å². The van der Waals surface area contributed by atoms with Gasteiger partial charge in [0.25, 0.3) is 0 Å². The molecule has 2 aromatic heterocycles. The van der Waals surface area contributed by atoms with Crippen molar-refractivity contribution in [2.45, 2.75) is 18.4 Å². The number of carbonyl (C=O) groups excluding carboxylic acids is 1. The number of amides is 1. The van der Waals surface area contributed by atoms with Crippen LogP contribution < -0.4 is 5.32 Å². The van der Waals surface area contributed by atoms with Crippen molar-refractivity contribution >= 4 is 28.6 Å². The average molecular weight is 288 g/mol. The van der Waals surface area contributed by atoms with Crippen LogP contribution in [0.1, 0.15) is 28.1 Å². The van der Waals surface area contributed by atoms with Gasteiger partial charge in [-0.3, -0.25) is 4.79 Å². The highest BCUT2D eigenvalue weighted by atomic mass is 32.1. The van der Waals surface area contributed by atoms with Gasteiger partial charge in [0.05, 0.1) is 12.1 Å². The third kappa shape index (κ3) is 2.29. The maximum Gasteiger partial charge on any atom is 0.238 e. The first-order chi connectivity index (χ1) is 9.29. The van der Waals surface area contributed by atoms with Crippen LogP contribution >= 0.6 is 22.7 Å². The standard InChI is InChI=1S/C14H12N2OS2/c15-8-10-9(12-3-1-5-18-12)7-11(16-14(10)17)13-4-2-6-19-13/h1-6,9-11H,7H2,(H,16,17)/t9-,10+,11-/m0/s1. The van der Waals surface area contributed by atoms with Gasteiger partial charge in [0, 0.05) is 15.7 Å². The second-order valence-electron chi connectivity index (χ2n) is 4.54. The minimum absolute atomic E-state index is 0.00542. The van der Waals surface area contributed by atoms with E-state index in [9.17, 15) is 10.1 Å². The van der Waals surface area contributed by atoms with Gasteiger partial charge in [-0.2, -0.15) is 5.26 Å². The Kier molecular flexibility index (Phi) is 3.36. The fourth-order valence-corrected chi connectivity index (χ4v) is 4.17. The molecule has 5 heteroatoms. The van der Waals surface area contributed by atoms with Crippen LogP contribution in [0.5, 0.6) is 0 Å². The molecule has 0 saturated carbocycles. The van der Waals surface area contributed by atoms with E-state index >= 15 is 0 Å². The summed E-state index contributed by atoms with van der Waals surface area (Å²) in [6.45, 7) is 0. The summed E-state index contributed by atoms with van der Waals surface area (Å²) in [5.74, 6) is -0.716. The first kappa shape index (κ1) is 12.4. The maximum absolute atomic E-state index is 12.1. The highest BCUT2D eigenvalue weighted by Crippen LogP contribution is 2.40. The molecule has 0 spiro atoms. The summed E-state index contributed by atoms with van der Waals surface area (Å²) < 4.78 is 0. The third-order valence-electron chi connectivity index (χ3n) is 3.43. The fraction of sp³-hybridized carbons (Fsp3) is 0.286. The molecular weight excluding hydrogens is 276 g/mol. The summed E-state index contributed by atoms with van der Waals surface area (Å²) in [4.78, 5) is 14.4. The molecule has 3 nitrogen and oxygen atoms in total. The van der Waals surface area contributed by atoms with Gasteiger partial charge < -0.3 is 5.32 Å². The minimum Gasteiger partial charge on any atom is -0.347 e. The number of nitrogens with zero attached hydrogens (tertiary/aromatic N) is 1. The van der Waals surface area contributed by atoms with Crippen LogP contribution in [-0.4, -0.2) is 5.91 Å². The predicted octanol–water partition coefficient (Wildman–Crippen LogP) is 3.29.